The fourth-order valence-corrected chi connectivity index (χ4v) is 2.50. The summed E-state index contributed by atoms with van der Waals surface area (Å²) in [5.41, 5.74) is 1.60. The molecule has 2 aromatic rings. The highest BCUT2D eigenvalue weighted by molar-refractivity contribution is 5.44. The standard InChI is InChI=1S/C16H17NO4/c1-2-3-12-7-13(18)8-16(19)17(12)9-11-4-5-14-15(6-11)21-10-20-14/h4-8,18H,2-3,9-10H2,1H3. The fourth-order valence-electron chi connectivity index (χ4n) is 2.50. The van der Waals surface area contributed by atoms with Crippen LogP contribution in [0.1, 0.15) is 24.6 Å². The van der Waals surface area contributed by atoms with Crippen molar-refractivity contribution in [2.45, 2.75) is 26.3 Å². The molecule has 0 fully saturated rings. The zero-order chi connectivity index (χ0) is 14.8. The van der Waals surface area contributed by atoms with Crippen LogP contribution in [0.5, 0.6) is 17.2 Å². The number of fused-ring (bicyclic) bond motifs is 1. The number of hydrogen-bond acceptors (Lipinski definition) is 4. The van der Waals surface area contributed by atoms with E-state index in [1.165, 1.54) is 6.07 Å². The number of aromatic nitrogens is 1. The molecule has 5 nitrogen and oxygen atoms in total. The molecule has 0 atom stereocenters. The van der Waals surface area contributed by atoms with E-state index in [9.17, 15) is 9.90 Å². The van der Waals surface area contributed by atoms with Crippen LogP contribution in [0, 0.1) is 0 Å². The van der Waals surface area contributed by atoms with Crippen molar-refractivity contribution in [2.24, 2.45) is 0 Å². The van der Waals surface area contributed by atoms with Crippen LogP contribution in [0.4, 0.5) is 0 Å². The third kappa shape index (κ3) is 2.72. The molecule has 1 aliphatic heterocycles. The molecule has 0 aliphatic carbocycles. The van der Waals surface area contributed by atoms with Gasteiger partial charge in [0.05, 0.1) is 6.54 Å². The van der Waals surface area contributed by atoms with Crippen LogP contribution in [0.25, 0.3) is 0 Å². The molecular weight excluding hydrogens is 270 g/mol. The average Bonchev–Trinajstić information content (AvgIpc) is 2.90. The van der Waals surface area contributed by atoms with E-state index < -0.39 is 0 Å². The fraction of sp³-hybridized carbons (Fsp3) is 0.312. The third-order valence-electron chi connectivity index (χ3n) is 3.48. The van der Waals surface area contributed by atoms with E-state index in [2.05, 4.69) is 0 Å². The van der Waals surface area contributed by atoms with Crippen molar-refractivity contribution in [1.29, 1.82) is 0 Å². The topological polar surface area (TPSA) is 60.7 Å². The highest BCUT2D eigenvalue weighted by atomic mass is 16.7. The zero-order valence-corrected chi connectivity index (χ0v) is 11.8. The molecule has 0 unspecified atom stereocenters. The predicted molar refractivity (Wildman–Crippen MR) is 78.0 cm³/mol. The number of hydrogen-bond donors (Lipinski definition) is 1. The van der Waals surface area contributed by atoms with E-state index in [1.807, 2.05) is 25.1 Å². The van der Waals surface area contributed by atoms with Gasteiger partial charge in [-0.25, -0.2) is 0 Å². The van der Waals surface area contributed by atoms with E-state index in [4.69, 9.17) is 9.47 Å². The van der Waals surface area contributed by atoms with Crippen molar-refractivity contribution in [3.8, 4) is 17.2 Å². The Kier molecular flexibility index (Phi) is 3.56. The quantitative estimate of drug-likeness (QED) is 0.937. The summed E-state index contributed by atoms with van der Waals surface area (Å²) in [6, 6.07) is 8.55. The molecule has 0 spiro atoms. The van der Waals surface area contributed by atoms with E-state index in [0.717, 1.165) is 29.8 Å². The minimum absolute atomic E-state index is 0.0189. The highest BCUT2D eigenvalue weighted by Gasteiger charge is 2.14. The Morgan fingerprint density at radius 1 is 1.19 bits per heavy atom. The van der Waals surface area contributed by atoms with Crippen LogP contribution in [0.15, 0.2) is 35.1 Å². The van der Waals surface area contributed by atoms with Crippen molar-refractivity contribution >= 4 is 0 Å². The van der Waals surface area contributed by atoms with Crippen LogP contribution in [0.3, 0.4) is 0 Å². The molecule has 1 N–H and O–H groups in total. The van der Waals surface area contributed by atoms with E-state index >= 15 is 0 Å². The van der Waals surface area contributed by atoms with Crippen LogP contribution in [0.2, 0.25) is 0 Å². The molecule has 0 amide bonds. The van der Waals surface area contributed by atoms with Gasteiger partial charge in [-0.05, 0) is 30.2 Å². The Hall–Kier alpha value is -2.43. The number of rotatable bonds is 4. The van der Waals surface area contributed by atoms with Gasteiger partial charge < -0.3 is 19.1 Å². The summed E-state index contributed by atoms with van der Waals surface area (Å²) in [6.07, 6.45) is 1.65. The average molecular weight is 287 g/mol. The molecule has 21 heavy (non-hydrogen) atoms. The first-order chi connectivity index (χ1) is 10.2. The van der Waals surface area contributed by atoms with Crippen molar-refractivity contribution < 1.29 is 14.6 Å². The Balaban J connectivity index is 1.96. The first kappa shape index (κ1) is 13.5. The maximum atomic E-state index is 12.1. The molecule has 1 aliphatic rings. The van der Waals surface area contributed by atoms with Gasteiger partial charge in [-0.1, -0.05) is 19.4 Å². The highest BCUT2D eigenvalue weighted by Crippen LogP contribution is 2.32. The first-order valence-corrected chi connectivity index (χ1v) is 6.98. The second-order valence-electron chi connectivity index (χ2n) is 5.07. The molecule has 2 heterocycles. The maximum Gasteiger partial charge on any atom is 0.254 e. The molecule has 1 aromatic carbocycles. The number of nitrogens with zero attached hydrogens (tertiary/aromatic N) is 1. The molecule has 1 aromatic heterocycles. The molecular formula is C16H17NO4. The lowest BCUT2D eigenvalue weighted by Crippen LogP contribution is -2.23. The van der Waals surface area contributed by atoms with Gasteiger partial charge in [0.15, 0.2) is 11.5 Å². The van der Waals surface area contributed by atoms with Gasteiger partial charge in [0, 0.05) is 11.8 Å². The van der Waals surface area contributed by atoms with Gasteiger partial charge in [0.25, 0.3) is 5.56 Å². The predicted octanol–water partition coefficient (Wildman–Crippen LogP) is 2.28. The maximum absolute atomic E-state index is 12.1. The van der Waals surface area contributed by atoms with Crippen molar-refractivity contribution in [3.63, 3.8) is 0 Å². The molecule has 3 rings (SSSR count). The molecule has 0 bridgehead atoms. The normalized spacial score (nSPS) is 12.6. The van der Waals surface area contributed by atoms with E-state index in [0.29, 0.717) is 12.3 Å². The number of pyridine rings is 1. The molecule has 0 radical (unpaired) electrons. The van der Waals surface area contributed by atoms with Crippen molar-refractivity contribution in [1.82, 2.24) is 4.57 Å². The van der Waals surface area contributed by atoms with E-state index in [1.54, 1.807) is 10.6 Å². The van der Waals surface area contributed by atoms with Crippen LogP contribution in [-0.4, -0.2) is 16.5 Å². The van der Waals surface area contributed by atoms with Crippen LogP contribution >= 0.6 is 0 Å². The summed E-state index contributed by atoms with van der Waals surface area (Å²) < 4.78 is 12.3. The van der Waals surface area contributed by atoms with Gasteiger partial charge in [-0.15, -0.1) is 0 Å². The minimum atomic E-state index is -0.198. The summed E-state index contributed by atoms with van der Waals surface area (Å²) >= 11 is 0. The summed E-state index contributed by atoms with van der Waals surface area (Å²) in [7, 11) is 0. The van der Waals surface area contributed by atoms with Gasteiger partial charge >= 0.3 is 0 Å². The number of aromatic hydroxyl groups is 1. The molecule has 5 heteroatoms. The number of ether oxygens (including phenoxy) is 2. The number of benzene rings is 1. The largest absolute Gasteiger partial charge is 0.508 e. The lowest BCUT2D eigenvalue weighted by molar-refractivity contribution is 0.174. The zero-order valence-electron chi connectivity index (χ0n) is 11.8. The van der Waals surface area contributed by atoms with Gasteiger partial charge in [0.2, 0.25) is 6.79 Å². The molecule has 110 valence electrons. The Labute approximate surface area is 122 Å². The van der Waals surface area contributed by atoms with Gasteiger partial charge in [0.1, 0.15) is 5.75 Å². The lowest BCUT2D eigenvalue weighted by Gasteiger charge is -2.13. The summed E-state index contributed by atoms with van der Waals surface area (Å²) in [5, 5.41) is 9.59. The van der Waals surface area contributed by atoms with Crippen molar-refractivity contribution in [2.75, 3.05) is 6.79 Å². The number of aryl methyl sites for hydroxylation is 1. The minimum Gasteiger partial charge on any atom is -0.508 e. The molecule has 0 saturated carbocycles. The van der Waals surface area contributed by atoms with Gasteiger partial charge in [-0.3, -0.25) is 4.79 Å². The van der Waals surface area contributed by atoms with Gasteiger partial charge in [-0.2, -0.15) is 0 Å². The van der Waals surface area contributed by atoms with Crippen molar-refractivity contribution in [3.05, 3.63) is 51.9 Å². The Morgan fingerprint density at radius 3 is 2.81 bits per heavy atom. The van der Waals surface area contributed by atoms with E-state index in [-0.39, 0.29) is 18.1 Å². The second kappa shape index (κ2) is 5.52. The smallest absolute Gasteiger partial charge is 0.254 e. The second-order valence-corrected chi connectivity index (χ2v) is 5.07. The first-order valence-electron chi connectivity index (χ1n) is 6.98. The third-order valence-corrected chi connectivity index (χ3v) is 3.48. The Bertz CT molecular complexity index is 721. The Morgan fingerprint density at radius 2 is 2.00 bits per heavy atom. The summed E-state index contributed by atoms with van der Waals surface area (Å²) in [5.74, 6) is 1.45. The van der Waals surface area contributed by atoms with Crippen LogP contribution < -0.4 is 15.0 Å². The summed E-state index contributed by atoms with van der Waals surface area (Å²) in [6.45, 7) is 2.73. The monoisotopic (exact) mass is 287 g/mol. The SMILES string of the molecule is CCCc1cc(O)cc(=O)n1Cc1ccc2c(c1)OCO2. The molecule has 0 saturated heterocycles. The summed E-state index contributed by atoms with van der Waals surface area (Å²) in [4.78, 5) is 12.1. The van der Waals surface area contributed by atoms with Crippen LogP contribution in [-0.2, 0) is 13.0 Å². The lowest BCUT2D eigenvalue weighted by atomic mass is 10.1.